The molecule has 1 heterocycles. The second-order valence-electron chi connectivity index (χ2n) is 3.85. The molecule has 6 nitrogen and oxygen atoms in total. The normalized spacial score (nSPS) is 22.5. The van der Waals surface area contributed by atoms with E-state index in [0.717, 1.165) is 6.42 Å². The summed E-state index contributed by atoms with van der Waals surface area (Å²) in [6.45, 7) is 2.88. The zero-order valence-electron chi connectivity index (χ0n) is 8.77. The fourth-order valence-corrected chi connectivity index (χ4v) is 1.73. The Labute approximate surface area is 88.4 Å². The van der Waals surface area contributed by atoms with Gasteiger partial charge in [-0.3, -0.25) is 4.79 Å². The number of carbonyl (C=O) groups excluding carboxylic acids is 2. The molecule has 0 aromatic carbocycles. The Morgan fingerprint density at radius 1 is 1.67 bits per heavy atom. The maximum absolute atomic E-state index is 11.7. The van der Waals surface area contributed by atoms with E-state index in [-0.39, 0.29) is 18.4 Å². The van der Waals surface area contributed by atoms with Gasteiger partial charge in [-0.25, -0.2) is 4.79 Å². The highest BCUT2D eigenvalue weighted by Gasteiger charge is 2.28. The molecule has 2 atom stereocenters. The fourth-order valence-electron chi connectivity index (χ4n) is 1.73. The summed E-state index contributed by atoms with van der Waals surface area (Å²) in [5.41, 5.74) is 4.92. The monoisotopic (exact) mass is 215 g/mol. The van der Waals surface area contributed by atoms with E-state index < -0.39 is 12.1 Å². The van der Waals surface area contributed by atoms with Crippen LogP contribution in [0.5, 0.6) is 0 Å². The topological polar surface area (TPSA) is 95.7 Å². The average Bonchev–Trinajstić information content (AvgIpc) is 2.63. The van der Waals surface area contributed by atoms with Gasteiger partial charge in [0.25, 0.3) is 0 Å². The van der Waals surface area contributed by atoms with Crippen LogP contribution in [0.2, 0.25) is 0 Å². The minimum atomic E-state index is -0.700. The van der Waals surface area contributed by atoms with Crippen LogP contribution in [0.25, 0.3) is 0 Å². The summed E-state index contributed by atoms with van der Waals surface area (Å²) in [4.78, 5) is 23.9. The van der Waals surface area contributed by atoms with E-state index in [1.165, 1.54) is 0 Å². The summed E-state index contributed by atoms with van der Waals surface area (Å²) in [6, 6.07) is -1.30. The van der Waals surface area contributed by atoms with Crippen molar-refractivity contribution in [3.63, 3.8) is 0 Å². The highest BCUT2D eigenvalue weighted by molar-refractivity contribution is 5.86. The number of nitrogens with one attached hydrogen (secondary N) is 1. The first kappa shape index (κ1) is 11.8. The van der Waals surface area contributed by atoms with Gasteiger partial charge in [-0.15, -0.1) is 0 Å². The van der Waals surface area contributed by atoms with Crippen molar-refractivity contribution >= 4 is 11.9 Å². The number of hydrogen-bond acceptors (Lipinski definition) is 3. The van der Waals surface area contributed by atoms with Crippen LogP contribution in [-0.2, 0) is 4.79 Å². The molecule has 4 N–H and O–H groups in total. The first-order valence-electron chi connectivity index (χ1n) is 5.00. The Hall–Kier alpha value is -1.30. The summed E-state index contributed by atoms with van der Waals surface area (Å²) >= 11 is 0. The number of primary amides is 1. The van der Waals surface area contributed by atoms with Gasteiger partial charge in [0.05, 0.1) is 0 Å². The van der Waals surface area contributed by atoms with E-state index in [1.807, 2.05) is 0 Å². The Balaban J connectivity index is 2.44. The minimum Gasteiger partial charge on any atom is -0.396 e. The molecule has 0 radical (unpaired) electrons. The van der Waals surface area contributed by atoms with Gasteiger partial charge in [0, 0.05) is 25.6 Å². The highest BCUT2D eigenvalue weighted by Crippen LogP contribution is 2.15. The minimum absolute atomic E-state index is 0.0986. The molecule has 86 valence electrons. The van der Waals surface area contributed by atoms with Gasteiger partial charge in [-0.05, 0) is 13.3 Å². The summed E-state index contributed by atoms with van der Waals surface area (Å²) in [6.07, 6.45) is 0.811. The Morgan fingerprint density at radius 2 is 2.33 bits per heavy atom. The standard InChI is InChI=1S/C9H17N3O3/c1-6(11-9(10)15)8(14)12-3-2-7(4-12)5-13/h6-7,13H,2-5H2,1H3,(H3,10,11,15). The van der Waals surface area contributed by atoms with Crippen LogP contribution in [0, 0.1) is 5.92 Å². The number of urea groups is 1. The van der Waals surface area contributed by atoms with Gasteiger partial charge in [0.15, 0.2) is 0 Å². The van der Waals surface area contributed by atoms with Crippen LogP contribution in [0.15, 0.2) is 0 Å². The fraction of sp³-hybridized carbons (Fsp3) is 0.778. The molecule has 15 heavy (non-hydrogen) atoms. The van der Waals surface area contributed by atoms with Crippen LogP contribution in [0.3, 0.4) is 0 Å². The second-order valence-corrected chi connectivity index (χ2v) is 3.85. The van der Waals surface area contributed by atoms with E-state index in [1.54, 1.807) is 11.8 Å². The third-order valence-electron chi connectivity index (χ3n) is 2.58. The van der Waals surface area contributed by atoms with Crippen molar-refractivity contribution in [3.05, 3.63) is 0 Å². The number of aliphatic hydroxyl groups is 1. The molecule has 0 aromatic rings. The van der Waals surface area contributed by atoms with Crippen molar-refractivity contribution in [3.8, 4) is 0 Å². The lowest BCUT2D eigenvalue weighted by Crippen LogP contribution is -2.47. The first-order chi connectivity index (χ1) is 7.04. The van der Waals surface area contributed by atoms with Crippen molar-refractivity contribution in [2.24, 2.45) is 11.7 Å². The van der Waals surface area contributed by atoms with Crippen molar-refractivity contribution < 1.29 is 14.7 Å². The van der Waals surface area contributed by atoms with Gasteiger partial charge < -0.3 is 21.1 Å². The predicted octanol–water partition coefficient (Wildman–Crippen LogP) is -1.12. The Kier molecular flexibility index (Phi) is 3.90. The van der Waals surface area contributed by atoms with Crippen LogP contribution in [0.4, 0.5) is 4.79 Å². The van der Waals surface area contributed by atoms with E-state index in [2.05, 4.69) is 5.32 Å². The number of nitrogens with two attached hydrogens (primary N) is 1. The number of aliphatic hydroxyl groups excluding tert-OH is 1. The number of likely N-dealkylation sites (tertiary alicyclic amines) is 1. The van der Waals surface area contributed by atoms with Crippen molar-refractivity contribution in [2.75, 3.05) is 19.7 Å². The molecule has 0 bridgehead atoms. The van der Waals surface area contributed by atoms with Gasteiger partial charge >= 0.3 is 6.03 Å². The lowest BCUT2D eigenvalue weighted by Gasteiger charge is -2.20. The number of rotatable bonds is 3. The molecule has 1 aliphatic rings. The molecule has 3 amide bonds. The third-order valence-corrected chi connectivity index (χ3v) is 2.58. The van der Waals surface area contributed by atoms with Gasteiger partial charge in [-0.2, -0.15) is 0 Å². The molecule has 1 aliphatic heterocycles. The highest BCUT2D eigenvalue weighted by atomic mass is 16.3. The Bertz CT molecular complexity index is 257. The molecule has 1 rings (SSSR count). The lowest BCUT2D eigenvalue weighted by atomic mass is 10.1. The largest absolute Gasteiger partial charge is 0.396 e. The molecule has 0 aromatic heterocycles. The van der Waals surface area contributed by atoms with Crippen LogP contribution in [-0.4, -0.2) is 47.7 Å². The maximum Gasteiger partial charge on any atom is 0.312 e. The smallest absolute Gasteiger partial charge is 0.312 e. The van der Waals surface area contributed by atoms with Crippen LogP contribution < -0.4 is 11.1 Å². The summed E-state index contributed by atoms with van der Waals surface area (Å²) in [5.74, 6) is 0.0134. The van der Waals surface area contributed by atoms with Crippen LogP contribution in [0.1, 0.15) is 13.3 Å². The number of nitrogens with zero attached hydrogens (tertiary/aromatic N) is 1. The summed E-state index contributed by atoms with van der Waals surface area (Å²) in [7, 11) is 0. The van der Waals surface area contributed by atoms with Crippen molar-refractivity contribution in [2.45, 2.75) is 19.4 Å². The summed E-state index contributed by atoms with van der Waals surface area (Å²) in [5, 5.41) is 11.3. The molecule has 0 saturated carbocycles. The van der Waals surface area contributed by atoms with Crippen molar-refractivity contribution in [1.82, 2.24) is 10.2 Å². The zero-order chi connectivity index (χ0) is 11.4. The maximum atomic E-state index is 11.7. The number of carbonyl (C=O) groups is 2. The first-order valence-corrected chi connectivity index (χ1v) is 5.00. The number of amides is 3. The van der Waals surface area contributed by atoms with E-state index in [9.17, 15) is 9.59 Å². The molecular formula is C9H17N3O3. The van der Waals surface area contributed by atoms with Crippen molar-refractivity contribution in [1.29, 1.82) is 0 Å². The van der Waals surface area contributed by atoms with Gasteiger partial charge in [0.2, 0.25) is 5.91 Å². The van der Waals surface area contributed by atoms with E-state index in [4.69, 9.17) is 10.8 Å². The quantitative estimate of drug-likeness (QED) is 0.556. The Morgan fingerprint density at radius 3 is 2.80 bits per heavy atom. The molecule has 0 spiro atoms. The second kappa shape index (κ2) is 4.97. The SMILES string of the molecule is CC(NC(N)=O)C(=O)N1CCC(CO)C1. The molecule has 6 heteroatoms. The van der Waals surface area contributed by atoms with Gasteiger partial charge in [0.1, 0.15) is 6.04 Å². The molecule has 1 fully saturated rings. The predicted molar refractivity (Wildman–Crippen MR) is 54.0 cm³/mol. The summed E-state index contributed by atoms with van der Waals surface area (Å²) < 4.78 is 0. The van der Waals surface area contributed by atoms with E-state index >= 15 is 0 Å². The lowest BCUT2D eigenvalue weighted by molar-refractivity contribution is -0.131. The number of hydrogen-bond donors (Lipinski definition) is 3. The molecule has 1 saturated heterocycles. The molecular weight excluding hydrogens is 198 g/mol. The third kappa shape index (κ3) is 3.09. The molecule has 0 aliphatic carbocycles. The molecule has 2 unspecified atom stereocenters. The van der Waals surface area contributed by atoms with Crippen LogP contribution >= 0.6 is 0 Å². The average molecular weight is 215 g/mol. The zero-order valence-corrected chi connectivity index (χ0v) is 8.77. The van der Waals surface area contributed by atoms with E-state index in [0.29, 0.717) is 13.1 Å². The van der Waals surface area contributed by atoms with Gasteiger partial charge in [-0.1, -0.05) is 0 Å².